The Morgan fingerprint density at radius 3 is 2.83 bits per heavy atom. The van der Waals surface area contributed by atoms with E-state index in [1.54, 1.807) is 4.68 Å². The van der Waals surface area contributed by atoms with E-state index in [1.807, 2.05) is 31.4 Å². The van der Waals surface area contributed by atoms with Crippen molar-refractivity contribution in [2.45, 2.75) is 57.3 Å². The van der Waals surface area contributed by atoms with Crippen LogP contribution in [0.25, 0.3) is 10.9 Å². The van der Waals surface area contributed by atoms with Crippen LogP contribution in [0.2, 0.25) is 0 Å². The molecule has 0 spiro atoms. The molecular weight excluding hydrogens is 491 g/mol. The molecule has 3 heterocycles. The van der Waals surface area contributed by atoms with Crippen molar-refractivity contribution in [2.75, 3.05) is 19.7 Å². The summed E-state index contributed by atoms with van der Waals surface area (Å²) in [7, 11) is 1.87. The Labute approximate surface area is 211 Å². The van der Waals surface area contributed by atoms with Crippen LogP contribution in [-0.4, -0.2) is 57.5 Å². The van der Waals surface area contributed by atoms with Gasteiger partial charge in [0, 0.05) is 48.2 Å². The number of carbonyl (C=O) groups excluding carboxylic acids is 1. The number of alkyl halides is 3. The van der Waals surface area contributed by atoms with Crippen LogP contribution in [0.4, 0.5) is 13.2 Å². The second kappa shape index (κ2) is 10.4. The van der Waals surface area contributed by atoms with Crippen LogP contribution in [0.1, 0.15) is 53.0 Å². The third kappa shape index (κ3) is 6.18. The number of nitrogens with one attached hydrogen (secondary N) is 1. The first-order chi connectivity index (χ1) is 17.2. The lowest BCUT2D eigenvalue weighted by Gasteiger charge is -2.32. The lowest BCUT2D eigenvalue weighted by molar-refractivity contribution is -0.153. The van der Waals surface area contributed by atoms with E-state index in [1.165, 1.54) is 11.3 Å². The van der Waals surface area contributed by atoms with E-state index in [-0.39, 0.29) is 17.1 Å². The van der Waals surface area contributed by atoms with Gasteiger partial charge in [0.2, 0.25) is 0 Å². The molecule has 1 N–H and O–H groups in total. The zero-order valence-electron chi connectivity index (χ0n) is 20.2. The highest BCUT2D eigenvalue weighted by atomic mass is 32.1. The molecule has 36 heavy (non-hydrogen) atoms. The van der Waals surface area contributed by atoms with Gasteiger partial charge >= 0.3 is 6.18 Å². The van der Waals surface area contributed by atoms with E-state index in [9.17, 15) is 18.0 Å². The van der Waals surface area contributed by atoms with E-state index in [4.69, 9.17) is 4.74 Å². The van der Waals surface area contributed by atoms with Crippen molar-refractivity contribution in [3.8, 4) is 5.19 Å². The summed E-state index contributed by atoms with van der Waals surface area (Å²) in [5.41, 5.74) is 2.31. The molecule has 1 fully saturated rings. The van der Waals surface area contributed by atoms with Crippen LogP contribution < -0.4 is 10.1 Å². The van der Waals surface area contributed by atoms with Crippen molar-refractivity contribution in [2.24, 2.45) is 13.0 Å². The van der Waals surface area contributed by atoms with Gasteiger partial charge in [-0.3, -0.25) is 14.4 Å². The number of ether oxygens (including phenoxy) is 1. The highest BCUT2D eigenvalue weighted by molar-refractivity contribution is 7.13. The predicted molar refractivity (Wildman–Crippen MR) is 131 cm³/mol. The minimum Gasteiger partial charge on any atom is -0.460 e. The number of nitrogens with zero attached hydrogens (tertiary/aromatic N) is 4. The first kappa shape index (κ1) is 25.0. The molecule has 1 amide bonds. The number of hydrogen-bond acceptors (Lipinski definition) is 6. The number of rotatable bonds is 7. The zero-order chi connectivity index (χ0) is 25.3. The van der Waals surface area contributed by atoms with E-state index >= 15 is 0 Å². The molecule has 7 nitrogen and oxygen atoms in total. The predicted octanol–water partition coefficient (Wildman–Crippen LogP) is 4.71. The number of aryl methyl sites for hydroxylation is 1. The number of benzene rings is 1. The number of carbonyl (C=O) groups is 1. The summed E-state index contributed by atoms with van der Waals surface area (Å²) in [5, 5.41) is 8.71. The molecular formula is C25H30F3N5O2S. The number of halogens is 3. The maximum atomic E-state index is 12.7. The Balaban J connectivity index is 1.04. The zero-order valence-corrected chi connectivity index (χ0v) is 21.0. The second-order valence-electron chi connectivity index (χ2n) is 9.84. The molecule has 2 aliphatic rings. The SMILES string of the molecule is Cn1cc2ccc(C(=O)N[C@H]3CC[C@H](CCN4CCc5sc(OCC(F)(F)F)nc5C4)CC3)cc2n1. The van der Waals surface area contributed by atoms with Crippen molar-refractivity contribution >= 4 is 28.1 Å². The molecule has 0 bridgehead atoms. The number of hydrogen-bond donors (Lipinski definition) is 1. The molecule has 194 valence electrons. The quantitative estimate of drug-likeness (QED) is 0.488. The van der Waals surface area contributed by atoms with Crippen LogP contribution >= 0.6 is 11.3 Å². The van der Waals surface area contributed by atoms with Gasteiger partial charge < -0.3 is 10.1 Å². The molecule has 1 aliphatic carbocycles. The Bertz CT molecular complexity index is 1220. The van der Waals surface area contributed by atoms with Gasteiger partial charge in [0.05, 0.1) is 11.2 Å². The maximum absolute atomic E-state index is 12.7. The smallest absolute Gasteiger partial charge is 0.422 e. The highest BCUT2D eigenvalue weighted by Gasteiger charge is 2.30. The van der Waals surface area contributed by atoms with Crippen molar-refractivity contribution in [3.05, 3.63) is 40.5 Å². The van der Waals surface area contributed by atoms with Crippen LogP contribution in [0.5, 0.6) is 5.19 Å². The first-order valence-electron chi connectivity index (χ1n) is 12.4. The Morgan fingerprint density at radius 2 is 2.06 bits per heavy atom. The van der Waals surface area contributed by atoms with Gasteiger partial charge in [0.15, 0.2) is 6.61 Å². The third-order valence-corrected chi connectivity index (χ3v) is 8.14. The van der Waals surface area contributed by atoms with Crippen LogP contribution in [-0.2, 0) is 20.0 Å². The number of thiazole rings is 1. The van der Waals surface area contributed by atoms with Crippen molar-refractivity contribution in [3.63, 3.8) is 0 Å². The minimum atomic E-state index is -4.35. The average molecular weight is 522 g/mol. The second-order valence-corrected chi connectivity index (χ2v) is 10.9. The van der Waals surface area contributed by atoms with Crippen LogP contribution in [0.3, 0.4) is 0 Å². The molecule has 0 atom stereocenters. The van der Waals surface area contributed by atoms with Gasteiger partial charge in [0.25, 0.3) is 11.1 Å². The fourth-order valence-electron chi connectivity index (χ4n) is 5.14. The van der Waals surface area contributed by atoms with Crippen LogP contribution in [0.15, 0.2) is 24.4 Å². The summed E-state index contributed by atoms with van der Waals surface area (Å²) in [4.78, 5) is 20.4. The highest BCUT2D eigenvalue weighted by Crippen LogP contribution is 2.32. The molecule has 0 unspecified atom stereocenters. The maximum Gasteiger partial charge on any atom is 0.422 e. The third-order valence-electron chi connectivity index (χ3n) is 7.07. The molecule has 2 aromatic heterocycles. The first-order valence-corrected chi connectivity index (χ1v) is 13.2. The number of aromatic nitrogens is 3. The van der Waals surface area contributed by atoms with Crippen molar-refractivity contribution < 1.29 is 22.7 Å². The van der Waals surface area contributed by atoms with Gasteiger partial charge in [-0.25, -0.2) is 4.98 Å². The summed E-state index contributed by atoms with van der Waals surface area (Å²) in [6, 6.07) is 5.81. The van der Waals surface area contributed by atoms with Crippen molar-refractivity contribution in [1.29, 1.82) is 0 Å². The Morgan fingerprint density at radius 1 is 1.25 bits per heavy atom. The van der Waals surface area contributed by atoms with Crippen molar-refractivity contribution in [1.82, 2.24) is 25.0 Å². The average Bonchev–Trinajstić information content (AvgIpc) is 3.42. The topological polar surface area (TPSA) is 72.3 Å². The largest absolute Gasteiger partial charge is 0.460 e. The van der Waals surface area contributed by atoms with E-state index in [0.29, 0.717) is 18.0 Å². The summed E-state index contributed by atoms with van der Waals surface area (Å²) in [6.07, 6.45) is 3.55. The van der Waals surface area contributed by atoms with E-state index in [0.717, 1.165) is 73.1 Å². The van der Waals surface area contributed by atoms with Gasteiger partial charge in [-0.1, -0.05) is 17.4 Å². The molecule has 1 saturated carbocycles. The fraction of sp³-hybridized carbons (Fsp3) is 0.560. The Kier molecular flexibility index (Phi) is 7.21. The minimum absolute atomic E-state index is 0.0445. The summed E-state index contributed by atoms with van der Waals surface area (Å²) in [6.45, 7) is 1.19. The monoisotopic (exact) mass is 521 g/mol. The fourth-order valence-corrected chi connectivity index (χ4v) is 6.04. The van der Waals surface area contributed by atoms with E-state index < -0.39 is 12.8 Å². The summed E-state index contributed by atoms with van der Waals surface area (Å²) in [5.74, 6) is 0.572. The van der Waals surface area contributed by atoms with Crippen LogP contribution in [0, 0.1) is 5.92 Å². The molecule has 0 saturated heterocycles. The standard InChI is InChI=1S/C25H30F3N5O2S/c1-32-13-18-5-4-17(12-20(18)31-32)23(34)29-19-6-2-16(3-7-19)8-10-33-11-9-22-21(14-33)30-24(36-22)35-15-25(26,27)28/h4-5,12-13,16,19H,2-3,6-11,14-15H2,1H3,(H,29,34)/t16-,19-. The molecule has 11 heteroatoms. The normalized spacial score (nSPS) is 20.9. The molecule has 5 rings (SSSR count). The number of fused-ring (bicyclic) bond motifs is 2. The molecule has 0 radical (unpaired) electrons. The lowest BCUT2D eigenvalue weighted by Crippen LogP contribution is -2.38. The summed E-state index contributed by atoms with van der Waals surface area (Å²) >= 11 is 1.23. The molecule has 1 aliphatic heterocycles. The van der Waals surface area contributed by atoms with Gasteiger partial charge in [-0.2, -0.15) is 18.3 Å². The molecule has 1 aromatic carbocycles. The summed E-state index contributed by atoms with van der Waals surface area (Å²) < 4.78 is 43.8. The molecule has 3 aromatic rings. The van der Waals surface area contributed by atoms with E-state index in [2.05, 4.69) is 20.3 Å². The number of amides is 1. The Hall–Kier alpha value is -2.66. The van der Waals surface area contributed by atoms with Gasteiger partial charge in [-0.05, 0) is 63.1 Å². The van der Waals surface area contributed by atoms with Gasteiger partial charge in [0.1, 0.15) is 0 Å². The lowest BCUT2D eigenvalue weighted by atomic mass is 9.84. The van der Waals surface area contributed by atoms with Gasteiger partial charge in [-0.15, -0.1) is 0 Å².